The van der Waals surface area contributed by atoms with Crippen LogP contribution in [0.5, 0.6) is 0 Å². The van der Waals surface area contributed by atoms with E-state index in [1.807, 2.05) is 0 Å². The first-order valence-corrected chi connectivity index (χ1v) is 13.8. The summed E-state index contributed by atoms with van der Waals surface area (Å²) < 4.78 is 13.5. The summed E-state index contributed by atoms with van der Waals surface area (Å²) in [4.78, 5) is 0. The summed E-state index contributed by atoms with van der Waals surface area (Å²) in [5.74, 6) is 3.28. The molecule has 0 unspecified atom stereocenters. The van der Waals surface area contributed by atoms with Crippen LogP contribution in [-0.2, 0) is 14.7 Å². The number of hydrogen-bond acceptors (Lipinski definition) is 2. The molecule has 3 heteroatoms. The van der Waals surface area contributed by atoms with Gasteiger partial charge in [-0.05, 0) is 122 Å². The highest BCUT2D eigenvalue weighted by molar-refractivity contribution is 6.63. The summed E-state index contributed by atoms with van der Waals surface area (Å²) in [6, 6.07) is 20.8. The predicted molar refractivity (Wildman–Crippen MR) is 143 cm³/mol. The molecule has 0 atom stereocenters. The Bertz CT molecular complexity index is 1340. The monoisotopic (exact) mass is 462 g/mol. The average molecular weight is 462 g/mol. The summed E-state index contributed by atoms with van der Waals surface area (Å²) in [6.07, 6.45) is 7.00. The Kier molecular flexibility index (Phi) is 3.97. The smallest absolute Gasteiger partial charge is 0.399 e. The zero-order chi connectivity index (χ0) is 23.7. The van der Waals surface area contributed by atoms with Crippen LogP contribution in [-0.4, -0.2) is 18.3 Å². The summed E-state index contributed by atoms with van der Waals surface area (Å²) in [5, 5.41) is 2.85. The lowest BCUT2D eigenvalue weighted by molar-refractivity contribution is -0.0390. The molecule has 3 aromatic carbocycles. The van der Waals surface area contributed by atoms with Crippen LogP contribution < -0.4 is 5.46 Å². The van der Waals surface area contributed by atoms with Crippen LogP contribution in [0.15, 0.2) is 54.6 Å². The number of hydrogen-bond donors (Lipinski definition) is 0. The zero-order valence-corrected chi connectivity index (χ0v) is 21.4. The quantitative estimate of drug-likeness (QED) is 0.368. The lowest BCUT2D eigenvalue weighted by atomic mass is 9.42. The zero-order valence-electron chi connectivity index (χ0n) is 21.4. The first kappa shape index (κ1) is 21.0. The van der Waals surface area contributed by atoms with E-state index in [1.165, 1.54) is 59.5 Å². The fourth-order valence-electron chi connectivity index (χ4n) is 9.23. The highest BCUT2D eigenvalue weighted by Crippen LogP contribution is 2.70. The van der Waals surface area contributed by atoms with Crippen molar-refractivity contribution >= 4 is 23.4 Å². The lowest BCUT2D eigenvalue weighted by Gasteiger charge is -2.61. The molecule has 6 aliphatic rings. The standard InChI is InChI=1S/C32H35BO2/c1-30(2)31(3,4)35-33(34-30)27-11-7-10-25-26-13-12-21-8-5-6-9-24(21)28(26)32(29(25)27)22-15-19-14-20(17-22)18-23(32)16-19/h5-13,19-20,22-23H,14-18H2,1-4H3. The minimum atomic E-state index is -0.338. The van der Waals surface area contributed by atoms with Crippen LogP contribution in [0.4, 0.5) is 0 Å². The molecule has 0 N–H and O–H groups in total. The largest absolute Gasteiger partial charge is 0.495 e. The van der Waals surface area contributed by atoms with E-state index >= 15 is 0 Å². The molecule has 0 aromatic heterocycles. The molecule has 178 valence electrons. The number of fused-ring (bicyclic) bond motifs is 5. The van der Waals surface area contributed by atoms with E-state index in [1.54, 1.807) is 11.1 Å². The highest BCUT2D eigenvalue weighted by atomic mass is 16.7. The maximum absolute atomic E-state index is 6.73. The Morgan fingerprint density at radius 3 is 1.97 bits per heavy atom. The van der Waals surface area contributed by atoms with Crippen LogP contribution in [0, 0.1) is 23.7 Å². The average Bonchev–Trinajstić information content (AvgIpc) is 3.25. The van der Waals surface area contributed by atoms with Crippen LogP contribution in [0.25, 0.3) is 21.9 Å². The first-order chi connectivity index (χ1) is 16.8. The molecule has 1 saturated heterocycles. The molecule has 1 aliphatic heterocycles. The van der Waals surface area contributed by atoms with Gasteiger partial charge in [-0.3, -0.25) is 0 Å². The molecule has 5 fully saturated rings. The highest BCUT2D eigenvalue weighted by Gasteiger charge is 2.64. The van der Waals surface area contributed by atoms with Crippen LogP contribution in [0.2, 0.25) is 0 Å². The SMILES string of the molecule is CC1(C)OB(c2cccc3c2C2(c4c-3ccc3ccccc43)C3CC4CC(C3)CC2C4)OC1(C)C. The van der Waals surface area contributed by atoms with Gasteiger partial charge < -0.3 is 9.31 Å². The molecule has 1 spiro atoms. The van der Waals surface area contributed by atoms with Crippen molar-refractivity contribution in [2.75, 3.05) is 0 Å². The Labute approximate surface area is 209 Å². The number of benzene rings is 3. The lowest BCUT2D eigenvalue weighted by Crippen LogP contribution is -2.57. The van der Waals surface area contributed by atoms with E-state index in [2.05, 4.69) is 82.3 Å². The van der Waals surface area contributed by atoms with E-state index in [-0.39, 0.29) is 23.7 Å². The van der Waals surface area contributed by atoms with E-state index in [9.17, 15) is 0 Å². The fraction of sp³-hybridized carbons (Fsp3) is 0.500. The van der Waals surface area contributed by atoms with Crippen molar-refractivity contribution in [1.29, 1.82) is 0 Å². The van der Waals surface area contributed by atoms with Gasteiger partial charge in [0, 0.05) is 5.41 Å². The van der Waals surface area contributed by atoms with Crippen molar-refractivity contribution in [3.63, 3.8) is 0 Å². The normalized spacial score (nSPS) is 35.1. The molecule has 0 amide bonds. The Balaban J connectivity index is 1.44. The predicted octanol–water partition coefficient (Wildman–Crippen LogP) is 6.86. The summed E-state index contributed by atoms with van der Waals surface area (Å²) in [6.45, 7) is 8.71. The molecule has 5 aliphatic carbocycles. The second kappa shape index (κ2) is 6.61. The van der Waals surface area contributed by atoms with E-state index in [4.69, 9.17) is 9.31 Å². The van der Waals surface area contributed by atoms with Gasteiger partial charge in [-0.25, -0.2) is 0 Å². The van der Waals surface area contributed by atoms with E-state index in [0.29, 0.717) is 11.8 Å². The second-order valence-electron chi connectivity index (χ2n) is 13.2. The van der Waals surface area contributed by atoms with Crippen molar-refractivity contribution in [3.8, 4) is 11.1 Å². The Morgan fingerprint density at radius 1 is 0.657 bits per heavy atom. The fourth-order valence-corrected chi connectivity index (χ4v) is 9.23. The molecule has 4 bridgehead atoms. The van der Waals surface area contributed by atoms with Gasteiger partial charge in [-0.15, -0.1) is 0 Å². The van der Waals surface area contributed by atoms with E-state index < -0.39 is 0 Å². The van der Waals surface area contributed by atoms with Gasteiger partial charge >= 0.3 is 7.12 Å². The first-order valence-electron chi connectivity index (χ1n) is 13.8. The summed E-state index contributed by atoms with van der Waals surface area (Å²) in [5.41, 5.74) is 6.77. The molecule has 35 heavy (non-hydrogen) atoms. The maximum Gasteiger partial charge on any atom is 0.495 e. The summed E-state index contributed by atoms with van der Waals surface area (Å²) in [7, 11) is -0.315. The molecular weight excluding hydrogens is 427 g/mol. The third-order valence-electron chi connectivity index (χ3n) is 11.1. The molecule has 2 nitrogen and oxygen atoms in total. The van der Waals surface area contributed by atoms with Gasteiger partial charge in [0.25, 0.3) is 0 Å². The van der Waals surface area contributed by atoms with Crippen LogP contribution in [0.3, 0.4) is 0 Å². The molecule has 3 aromatic rings. The molecular formula is C32H35BO2. The molecule has 9 rings (SSSR count). The maximum atomic E-state index is 6.73. The van der Waals surface area contributed by atoms with Gasteiger partial charge in [0.2, 0.25) is 0 Å². The minimum absolute atomic E-state index is 0.0825. The Hall–Kier alpha value is -2.10. The molecule has 4 saturated carbocycles. The van der Waals surface area contributed by atoms with Crippen molar-refractivity contribution < 1.29 is 9.31 Å². The van der Waals surface area contributed by atoms with E-state index in [0.717, 1.165) is 11.8 Å². The summed E-state index contributed by atoms with van der Waals surface area (Å²) >= 11 is 0. The minimum Gasteiger partial charge on any atom is -0.399 e. The van der Waals surface area contributed by atoms with Crippen LogP contribution >= 0.6 is 0 Å². The van der Waals surface area contributed by atoms with Crippen molar-refractivity contribution in [1.82, 2.24) is 0 Å². The molecule has 1 heterocycles. The van der Waals surface area contributed by atoms with Gasteiger partial charge in [0.1, 0.15) is 0 Å². The van der Waals surface area contributed by atoms with Gasteiger partial charge in [-0.2, -0.15) is 0 Å². The number of rotatable bonds is 1. The van der Waals surface area contributed by atoms with Gasteiger partial charge in [0.15, 0.2) is 0 Å². The topological polar surface area (TPSA) is 18.5 Å². The third-order valence-corrected chi connectivity index (χ3v) is 11.1. The van der Waals surface area contributed by atoms with Crippen molar-refractivity contribution in [3.05, 3.63) is 65.7 Å². The van der Waals surface area contributed by atoms with Gasteiger partial charge in [0.05, 0.1) is 11.2 Å². The molecule has 0 radical (unpaired) electrons. The van der Waals surface area contributed by atoms with Crippen molar-refractivity contribution in [2.45, 2.75) is 76.4 Å². The second-order valence-corrected chi connectivity index (χ2v) is 13.2. The Morgan fingerprint density at radius 2 is 1.29 bits per heavy atom. The van der Waals surface area contributed by atoms with Gasteiger partial charge in [-0.1, -0.05) is 54.6 Å². The van der Waals surface area contributed by atoms with Crippen LogP contribution in [0.1, 0.15) is 70.9 Å². The van der Waals surface area contributed by atoms with Crippen molar-refractivity contribution in [2.24, 2.45) is 23.7 Å². The third kappa shape index (κ3) is 2.50.